The number of halogens is 1. The number of rotatable bonds is 5. The third-order valence-electron chi connectivity index (χ3n) is 2.90. The molecule has 1 aromatic carbocycles. The maximum absolute atomic E-state index is 5.87. The van der Waals surface area contributed by atoms with Gasteiger partial charge in [0, 0.05) is 11.2 Å². The highest BCUT2D eigenvalue weighted by atomic mass is 35.5. The molecule has 0 radical (unpaired) electrons. The van der Waals surface area contributed by atoms with Gasteiger partial charge < -0.3 is 4.74 Å². The van der Waals surface area contributed by atoms with Crippen LogP contribution in [0.3, 0.4) is 0 Å². The molecule has 0 spiro atoms. The number of nitrogens with two attached hydrogens (primary N) is 1. The van der Waals surface area contributed by atoms with Crippen LogP contribution in [0, 0.1) is 0 Å². The van der Waals surface area contributed by atoms with Crippen LogP contribution in [0.5, 0.6) is 5.75 Å². The Kier molecular flexibility index (Phi) is 4.74. The van der Waals surface area contributed by atoms with E-state index in [1.54, 1.807) is 13.3 Å². The van der Waals surface area contributed by atoms with E-state index in [-0.39, 0.29) is 6.04 Å². The minimum Gasteiger partial charge on any atom is -0.495 e. The van der Waals surface area contributed by atoms with E-state index in [0.717, 1.165) is 22.0 Å². The van der Waals surface area contributed by atoms with Gasteiger partial charge in [-0.1, -0.05) is 23.7 Å². The minimum absolute atomic E-state index is 0.114. The van der Waals surface area contributed by atoms with Crippen LogP contribution >= 0.6 is 11.6 Å². The molecule has 100 valence electrons. The molecule has 1 unspecified atom stereocenters. The smallest absolute Gasteiger partial charge is 0.142 e. The van der Waals surface area contributed by atoms with Crippen molar-refractivity contribution in [2.45, 2.75) is 12.5 Å². The van der Waals surface area contributed by atoms with Crippen molar-refractivity contribution in [1.29, 1.82) is 0 Å². The summed E-state index contributed by atoms with van der Waals surface area (Å²) in [5.41, 5.74) is 4.70. The number of hydrazine groups is 1. The number of ether oxygens (including phenoxy) is 1. The molecule has 2 aromatic rings. The van der Waals surface area contributed by atoms with Gasteiger partial charge in [-0.2, -0.15) is 0 Å². The van der Waals surface area contributed by atoms with Gasteiger partial charge in [-0.25, -0.2) is 0 Å². The lowest BCUT2D eigenvalue weighted by Crippen LogP contribution is -2.30. The van der Waals surface area contributed by atoms with E-state index < -0.39 is 0 Å². The van der Waals surface area contributed by atoms with Gasteiger partial charge in [0.2, 0.25) is 0 Å². The van der Waals surface area contributed by atoms with Gasteiger partial charge in [-0.15, -0.1) is 0 Å². The summed E-state index contributed by atoms with van der Waals surface area (Å²) in [6.07, 6.45) is 2.44. The van der Waals surface area contributed by atoms with Crippen LogP contribution in [-0.4, -0.2) is 12.1 Å². The molecule has 0 aliphatic heterocycles. The largest absolute Gasteiger partial charge is 0.495 e. The molecule has 0 aliphatic carbocycles. The first-order valence-corrected chi connectivity index (χ1v) is 6.32. The first-order valence-electron chi connectivity index (χ1n) is 5.94. The van der Waals surface area contributed by atoms with E-state index in [1.165, 1.54) is 0 Å². The number of hydrogen-bond donors (Lipinski definition) is 2. The highest BCUT2D eigenvalue weighted by Gasteiger charge is 2.16. The number of pyridine rings is 1. The van der Waals surface area contributed by atoms with Crippen LogP contribution in [0.25, 0.3) is 0 Å². The van der Waals surface area contributed by atoms with Gasteiger partial charge in [0.1, 0.15) is 11.4 Å². The number of methoxy groups -OCH3 is 1. The van der Waals surface area contributed by atoms with Gasteiger partial charge >= 0.3 is 0 Å². The fraction of sp³-hybridized carbons (Fsp3) is 0.214. The first kappa shape index (κ1) is 13.8. The zero-order valence-electron chi connectivity index (χ0n) is 10.6. The lowest BCUT2D eigenvalue weighted by atomic mass is 10.0. The van der Waals surface area contributed by atoms with Crippen molar-refractivity contribution in [3.63, 3.8) is 0 Å². The zero-order chi connectivity index (χ0) is 13.7. The fourth-order valence-corrected chi connectivity index (χ4v) is 2.05. The molecule has 19 heavy (non-hydrogen) atoms. The maximum atomic E-state index is 5.87. The standard InChI is InChI=1S/C14H16ClN3O/c1-19-13-3-2-8-17-14(13)12(18-16)9-10-4-6-11(15)7-5-10/h2-8,12,18H,9,16H2,1H3. The highest BCUT2D eigenvalue weighted by molar-refractivity contribution is 6.30. The van der Waals surface area contributed by atoms with Crippen molar-refractivity contribution in [1.82, 2.24) is 10.4 Å². The number of benzene rings is 1. The summed E-state index contributed by atoms with van der Waals surface area (Å²) >= 11 is 5.87. The molecule has 0 amide bonds. The lowest BCUT2D eigenvalue weighted by molar-refractivity contribution is 0.394. The summed E-state index contributed by atoms with van der Waals surface area (Å²) in [4.78, 5) is 4.34. The van der Waals surface area contributed by atoms with Gasteiger partial charge in [0.25, 0.3) is 0 Å². The van der Waals surface area contributed by atoms with Gasteiger partial charge in [-0.05, 0) is 36.2 Å². The van der Waals surface area contributed by atoms with Crippen molar-refractivity contribution < 1.29 is 4.74 Å². The van der Waals surface area contributed by atoms with E-state index >= 15 is 0 Å². The average Bonchev–Trinajstić information content (AvgIpc) is 2.46. The van der Waals surface area contributed by atoms with Crippen LogP contribution in [0.1, 0.15) is 17.3 Å². The Balaban J connectivity index is 2.22. The maximum Gasteiger partial charge on any atom is 0.142 e. The number of aromatic nitrogens is 1. The normalized spacial score (nSPS) is 12.2. The second kappa shape index (κ2) is 6.52. The molecule has 0 fully saturated rings. The van der Waals surface area contributed by atoms with E-state index in [9.17, 15) is 0 Å². The Morgan fingerprint density at radius 3 is 2.68 bits per heavy atom. The van der Waals surface area contributed by atoms with Crippen molar-refractivity contribution in [2.24, 2.45) is 5.84 Å². The molecule has 0 saturated heterocycles. The quantitative estimate of drug-likeness (QED) is 0.651. The summed E-state index contributed by atoms with van der Waals surface area (Å²) < 4.78 is 5.31. The molecule has 1 heterocycles. The van der Waals surface area contributed by atoms with Crippen LogP contribution < -0.4 is 16.0 Å². The molecule has 4 nitrogen and oxygen atoms in total. The first-order chi connectivity index (χ1) is 9.24. The molecule has 0 aliphatic rings. The number of nitrogens with zero attached hydrogens (tertiary/aromatic N) is 1. The van der Waals surface area contributed by atoms with E-state index in [1.807, 2.05) is 36.4 Å². The topological polar surface area (TPSA) is 60.2 Å². The van der Waals surface area contributed by atoms with Gasteiger partial charge in [-0.3, -0.25) is 16.3 Å². The Bertz CT molecular complexity index is 530. The monoisotopic (exact) mass is 277 g/mol. The van der Waals surface area contributed by atoms with E-state index in [2.05, 4.69) is 10.4 Å². The van der Waals surface area contributed by atoms with Crippen LogP contribution in [0.4, 0.5) is 0 Å². The molecule has 1 atom stereocenters. The van der Waals surface area contributed by atoms with Crippen molar-refractivity contribution in [2.75, 3.05) is 7.11 Å². The van der Waals surface area contributed by atoms with Crippen LogP contribution in [-0.2, 0) is 6.42 Å². The molecule has 5 heteroatoms. The van der Waals surface area contributed by atoms with E-state index in [4.69, 9.17) is 22.2 Å². The lowest BCUT2D eigenvalue weighted by Gasteiger charge is -2.17. The number of nitrogens with one attached hydrogen (secondary N) is 1. The Hall–Kier alpha value is -1.62. The summed E-state index contributed by atoms with van der Waals surface area (Å²) in [6.45, 7) is 0. The van der Waals surface area contributed by atoms with Crippen LogP contribution in [0.2, 0.25) is 5.02 Å². The molecule has 0 bridgehead atoms. The third-order valence-corrected chi connectivity index (χ3v) is 3.16. The predicted molar refractivity (Wildman–Crippen MR) is 76.0 cm³/mol. The van der Waals surface area contributed by atoms with Gasteiger partial charge in [0.05, 0.1) is 13.2 Å². The van der Waals surface area contributed by atoms with Gasteiger partial charge in [0.15, 0.2) is 0 Å². The summed E-state index contributed by atoms with van der Waals surface area (Å²) in [5, 5.41) is 0.719. The third kappa shape index (κ3) is 3.44. The van der Waals surface area contributed by atoms with Crippen molar-refractivity contribution in [3.8, 4) is 5.75 Å². The predicted octanol–water partition coefficient (Wildman–Crippen LogP) is 2.49. The Morgan fingerprint density at radius 2 is 2.05 bits per heavy atom. The summed E-state index contributed by atoms with van der Waals surface area (Å²) in [6, 6.07) is 11.3. The highest BCUT2D eigenvalue weighted by Crippen LogP contribution is 2.25. The molecular weight excluding hydrogens is 262 g/mol. The Morgan fingerprint density at radius 1 is 1.32 bits per heavy atom. The van der Waals surface area contributed by atoms with E-state index in [0.29, 0.717) is 6.42 Å². The second-order valence-corrected chi connectivity index (χ2v) is 4.58. The summed E-state index contributed by atoms with van der Waals surface area (Å²) in [7, 11) is 1.62. The molecule has 2 rings (SSSR count). The zero-order valence-corrected chi connectivity index (χ0v) is 11.4. The number of hydrogen-bond acceptors (Lipinski definition) is 4. The second-order valence-electron chi connectivity index (χ2n) is 4.14. The summed E-state index contributed by atoms with van der Waals surface area (Å²) in [5.74, 6) is 6.36. The average molecular weight is 278 g/mol. The fourth-order valence-electron chi connectivity index (χ4n) is 1.93. The molecule has 3 N–H and O–H groups in total. The Labute approximate surface area is 117 Å². The van der Waals surface area contributed by atoms with Crippen molar-refractivity contribution >= 4 is 11.6 Å². The van der Waals surface area contributed by atoms with Crippen LogP contribution in [0.15, 0.2) is 42.6 Å². The molecule has 1 aromatic heterocycles. The molecular formula is C14H16ClN3O. The minimum atomic E-state index is -0.114. The van der Waals surface area contributed by atoms with Crippen molar-refractivity contribution in [3.05, 3.63) is 58.9 Å². The SMILES string of the molecule is COc1cccnc1C(Cc1ccc(Cl)cc1)NN. The molecule has 0 saturated carbocycles.